The molecular formula is C27H23Cl2N3O3. The number of benzene rings is 3. The second kappa shape index (κ2) is 9.29. The van der Waals surface area contributed by atoms with Crippen molar-refractivity contribution in [2.45, 2.75) is 26.4 Å². The number of H-pyrrole nitrogens is 1. The van der Waals surface area contributed by atoms with Crippen molar-refractivity contribution in [1.82, 2.24) is 15.1 Å². The van der Waals surface area contributed by atoms with Crippen molar-refractivity contribution in [3.05, 3.63) is 98.7 Å². The lowest BCUT2D eigenvalue weighted by Crippen LogP contribution is -2.29. The number of amides is 1. The molecule has 0 radical (unpaired) electrons. The number of carbonyl (C=O) groups is 1. The molecule has 0 saturated heterocycles. The number of nitrogens with one attached hydrogen (secondary N) is 1. The predicted molar refractivity (Wildman–Crippen MR) is 136 cm³/mol. The molecule has 35 heavy (non-hydrogen) atoms. The first-order chi connectivity index (χ1) is 16.9. The van der Waals surface area contributed by atoms with Crippen LogP contribution in [-0.4, -0.2) is 32.7 Å². The van der Waals surface area contributed by atoms with Crippen molar-refractivity contribution in [3.63, 3.8) is 0 Å². The van der Waals surface area contributed by atoms with Crippen LogP contribution in [0, 0.1) is 6.92 Å². The van der Waals surface area contributed by atoms with E-state index in [4.69, 9.17) is 27.9 Å². The predicted octanol–water partition coefficient (Wildman–Crippen LogP) is 6.54. The van der Waals surface area contributed by atoms with Crippen molar-refractivity contribution in [2.75, 3.05) is 6.61 Å². The average Bonchev–Trinajstić information content (AvgIpc) is 3.37. The summed E-state index contributed by atoms with van der Waals surface area (Å²) in [6.07, 6.45) is 0. The molecule has 6 nitrogen and oxygen atoms in total. The van der Waals surface area contributed by atoms with Crippen LogP contribution in [0.1, 0.15) is 45.7 Å². The lowest BCUT2D eigenvalue weighted by atomic mass is 9.95. The first-order valence-corrected chi connectivity index (χ1v) is 12.0. The Bertz CT molecular complexity index is 1430. The highest BCUT2D eigenvalue weighted by molar-refractivity contribution is 6.32. The monoisotopic (exact) mass is 507 g/mol. The summed E-state index contributed by atoms with van der Waals surface area (Å²) in [6.45, 7) is 4.56. The van der Waals surface area contributed by atoms with E-state index in [1.54, 1.807) is 23.1 Å². The molecule has 4 aromatic rings. The number of aromatic amines is 1. The number of fused-ring (bicyclic) bond motifs is 1. The minimum absolute atomic E-state index is 0.0417. The molecule has 1 aliphatic heterocycles. The van der Waals surface area contributed by atoms with E-state index < -0.39 is 6.04 Å². The van der Waals surface area contributed by atoms with Crippen LogP contribution in [-0.2, 0) is 6.54 Å². The van der Waals surface area contributed by atoms with Crippen LogP contribution in [0.4, 0.5) is 0 Å². The molecule has 2 N–H and O–H groups in total. The number of ether oxygens (including phenoxy) is 1. The summed E-state index contributed by atoms with van der Waals surface area (Å²) in [5.41, 5.74) is 4.40. The maximum atomic E-state index is 13.6. The minimum Gasteiger partial charge on any atom is -0.507 e. The van der Waals surface area contributed by atoms with Crippen molar-refractivity contribution in [2.24, 2.45) is 0 Å². The van der Waals surface area contributed by atoms with Gasteiger partial charge in [0.25, 0.3) is 5.91 Å². The smallest absolute Gasteiger partial charge is 0.273 e. The zero-order valence-corrected chi connectivity index (χ0v) is 20.7. The summed E-state index contributed by atoms with van der Waals surface area (Å²) in [5.74, 6) is 0.540. The minimum atomic E-state index is -0.484. The molecule has 0 aliphatic carbocycles. The molecule has 0 fully saturated rings. The van der Waals surface area contributed by atoms with E-state index >= 15 is 0 Å². The van der Waals surface area contributed by atoms with Gasteiger partial charge in [-0.3, -0.25) is 9.89 Å². The SMILES string of the molecule is CCOc1cccc(C2c3c(-c4cc(Cl)c(C)cc4O)n[nH]c3C(=O)N2Cc2ccccc2Cl)c1. The third kappa shape index (κ3) is 4.13. The van der Waals surface area contributed by atoms with E-state index in [-0.39, 0.29) is 11.7 Å². The number of aromatic nitrogens is 2. The van der Waals surface area contributed by atoms with Gasteiger partial charge in [0.05, 0.1) is 12.6 Å². The van der Waals surface area contributed by atoms with Gasteiger partial charge in [0, 0.05) is 27.7 Å². The molecule has 1 atom stereocenters. The molecule has 0 spiro atoms. The van der Waals surface area contributed by atoms with Gasteiger partial charge in [0.1, 0.15) is 22.9 Å². The number of carbonyl (C=O) groups excluding carboxylic acids is 1. The Balaban J connectivity index is 1.69. The van der Waals surface area contributed by atoms with Crippen molar-refractivity contribution >= 4 is 29.1 Å². The van der Waals surface area contributed by atoms with Gasteiger partial charge < -0.3 is 14.7 Å². The topological polar surface area (TPSA) is 78.5 Å². The maximum absolute atomic E-state index is 13.6. The highest BCUT2D eigenvalue weighted by atomic mass is 35.5. The molecule has 0 saturated carbocycles. The number of aromatic hydroxyl groups is 1. The molecule has 3 aromatic carbocycles. The molecule has 178 valence electrons. The van der Waals surface area contributed by atoms with Gasteiger partial charge in [0.15, 0.2) is 0 Å². The van der Waals surface area contributed by atoms with E-state index in [0.717, 1.165) is 16.7 Å². The highest BCUT2D eigenvalue weighted by Gasteiger charge is 2.43. The van der Waals surface area contributed by atoms with Crippen LogP contribution in [0.5, 0.6) is 11.5 Å². The summed E-state index contributed by atoms with van der Waals surface area (Å²) in [4.78, 5) is 15.4. The fourth-order valence-electron chi connectivity index (χ4n) is 4.52. The molecule has 8 heteroatoms. The number of hydrogen-bond donors (Lipinski definition) is 2. The first kappa shape index (κ1) is 23.3. The Morgan fingerprint density at radius 3 is 2.66 bits per heavy atom. The molecule has 0 bridgehead atoms. The van der Waals surface area contributed by atoms with Crippen molar-refractivity contribution in [1.29, 1.82) is 0 Å². The van der Waals surface area contributed by atoms with Crippen LogP contribution in [0.3, 0.4) is 0 Å². The number of hydrogen-bond acceptors (Lipinski definition) is 4. The van der Waals surface area contributed by atoms with Gasteiger partial charge in [0.2, 0.25) is 0 Å². The van der Waals surface area contributed by atoms with Gasteiger partial charge in [-0.15, -0.1) is 0 Å². The van der Waals surface area contributed by atoms with E-state index in [1.807, 2.05) is 56.3 Å². The van der Waals surface area contributed by atoms with Crippen LogP contribution in [0.25, 0.3) is 11.3 Å². The lowest BCUT2D eigenvalue weighted by molar-refractivity contribution is 0.0730. The molecule has 1 aliphatic rings. The molecule has 1 aromatic heterocycles. The summed E-state index contributed by atoms with van der Waals surface area (Å²) >= 11 is 12.8. The third-order valence-electron chi connectivity index (χ3n) is 6.18. The van der Waals surface area contributed by atoms with E-state index in [1.165, 1.54) is 0 Å². The molecule has 1 amide bonds. The zero-order chi connectivity index (χ0) is 24.7. The van der Waals surface area contributed by atoms with Gasteiger partial charge >= 0.3 is 0 Å². The van der Waals surface area contributed by atoms with Gasteiger partial charge in [-0.05, 0) is 60.9 Å². The standard InChI is InChI=1S/C27H23Cl2N3O3/c1-3-35-18-9-6-8-16(12-18)26-23-24(19-13-21(29)15(2)11-22(19)33)30-31-25(23)27(34)32(26)14-17-7-4-5-10-20(17)28/h4-13,26,33H,3,14H2,1-2H3,(H,30,31). The van der Waals surface area contributed by atoms with Crippen LogP contribution >= 0.6 is 23.2 Å². The molecule has 1 unspecified atom stereocenters. The summed E-state index contributed by atoms with van der Waals surface area (Å²) in [5, 5.41) is 19.2. The average molecular weight is 508 g/mol. The number of rotatable bonds is 6. The molecule has 2 heterocycles. The van der Waals surface area contributed by atoms with Crippen LogP contribution < -0.4 is 4.74 Å². The van der Waals surface area contributed by atoms with Crippen molar-refractivity contribution < 1.29 is 14.6 Å². The Morgan fingerprint density at radius 2 is 1.89 bits per heavy atom. The summed E-state index contributed by atoms with van der Waals surface area (Å²) in [6, 6.07) is 17.9. The third-order valence-corrected chi connectivity index (χ3v) is 6.96. The number of nitrogens with zero attached hydrogens (tertiary/aromatic N) is 2. The van der Waals surface area contributed by atoms with Gasteiger partial charge in [-0.25, -0.2) is 0 Å². The Hall–Kier alpha value is -3.48. The Labute approximate surface area is 213 Å². The molecular weight excluding hydrogens is 485 g/mol. The second-order valence-electron chi connectivity index (χ2n) is 8.41. The van der Waals surface area contributed by atoms with Gasteiger partial charge in [-0.1, -0.05) is 53.5 Å². The first-order valence-electron chi connectivity index (χ1n) is 11.2. The zero-order valence-electron chi connectivity index (χ0n) is 19.2. The number of aryl methyl sites for hydroxylation is 1. The summed E-state index contributed by atoms with van der Waals surface area (Å²) in [7, 11) is 0. The number of halogens is 2. The lowest BCUT2D eigenvalue weighted by Gasteiger charge is -2.27. The fraction of sp³-hybridized carbons (Fsp3) is 0.185. The number of phenolic OH excluding ortho intramolecular Hbond substituents is 1. The van der Waals surface area contributed by atoms with E-state index in [9.17, 15) is 9.90 Å². The van der Waals surface area contributed by atoms with Crippen molar-refractivity contribution in [3.8, 4) is 22.8 Å². The van der Waals surface area contributed by atoms with Crippen LogP contribution in [0.2, 0.25) is 10.0 Å². The largest absolute Gasteiger partial charge is 0.507 e. The summed E-state index contributed by atoms with van der Waals surface area (Å²) < 4.78 is 5.73. The van der Waals surface area contributed by atoms with E-state index in [0.29, 0.717) is 51.5 Å². The molecule has 5 rings (SSSR count). The van der Waals surface area contributed by atoms with Crippen LogP contribution in [0.15, 0.2) is 60.7 Å². The van der Waals surface area contributed by atoms with E-state index in [2.05, 4.69) is 10.2 Å². The normalized spacial score (nSPS) is 14.9. The van der Waals surface area contributed by atoms with Gasteiger partial charge in [-0.2, -0.15) is 5.10 Å². The quantitative estimate of drug-likeness (QED) is 0.310. The Morgan fingerprint density at radius 1 is 1.09 bits per heavy atom. The second-order valence-corrected chi connectivity index (χ2v) is 9.23. The highest BCUT2D eigenvalue weighted by Crippen LogP contribution is 2.46. The fourth-order valence-corrected chi connectivity index (χ4v) is 4.88. The number of phenols is 1. The maximum Gasteiger partial charge on any atom is 0.273 e. The Kier molecular flexibility index (Phi) is 6.17.